The van der Waals surface area contributed by atoms with Crippen LogP contribution in [-0.4, -0.2) is 38.3 Å². The highest BCUT2D eigenvalue weighted by Gasteiger charge is 2.26. The van der Waals surface area contributed by atoms with E-state index in [1.54, 1.807) is 0 Å². The van der Waals surface area contributed by atoms with Crippen molar-refractivity contribution in [3.63, 3.8) is 0 Å². The number of ketones is 1. The van der Waals surface area contributed by atoms with Crippen LogP contribution in [0.5, 0.6) is 0 Å². The van der Waals surface area contributed by atoms with Gasteiger partial charge in [0.1, 0.15) is 0 Å². The van der Waals surface area contributed by atoms with Gasteiger partial charge in [0.25, 0.3) is 0 Å². The topological polar surface area (TPSA) is 63.2 Å². The van der Waals surface area contributed by atoms with Crippen molar-refractivity contribution in [2.45, 2.75) is 32.2 Å². The Morgan fingerprint density at radius 3 is 2.60 bits per heavy atom. The molecule has 0 radical (unpaired) electrons. The third-order valence-electron chi connectivity index (χ3n) is 3.55. The van der Waals surface area contributed by atoms with Crippen molar-refractivity contribution in [3.05, 3.63) is 35.4 Å². The summed E-state index contributed by atoms with van der Waals surface area (Å²) in [5.74, 6) is 0.235. The van der Waals surface area contributed by atoms with Gasteiger partial charge in [0.15, 0.2) is 15.6 Å². The fourth-order valence-corrected chi connectivity index (χ4v) is 3.93. The van der Waals surface area contributed by atoms with E-state index in [1.165, 1.54) is 5.56 Å². The average Bonchev–Trinajstić information content (AvgIpc) is 2.38. The van der Waals surface area contributed by atoms with Gasteiger partial charge < -0.3 is 5.32 Å². The van der Waals surface area contributed by atoms with Crippen LogP contribution in [-0.2, 0) is 16.3 Å². The lowest BCUT2D eigenvalue weighted by molar-refractivity contribution is 0.0972. The van der Waals surface area contributed by atoms with Crippen LogP contribution in [0.4, 0.5) is 0 Å². The zero-order valence-electron chi connectivity index (χ0n) is 11.8. The van der Waals surface area contributed by atoms with Crippen LogP contribution in [0.3, 0.4) is 0 Å². The number of nitrogens with one attached hydrogen (secondary N) is 1. The highest BCUT2D eigenvalue weighted by atomic mass is 32.2. The van der Waals surface area contributed by atoms with Crippen molar-refractivity contribution in [2.24, 2.45) is 0 Å². The van der Waals surface area contributed by atoms with Crippen molar-refractivity contribution in [3.8, 4) is 0 Å². The maximum atomic E-state index is 12.2. The Balaban J connectivity index is 1.97. The number of benzene rings is 1. The maximum absolute atomic E-state index is 12.2. The lowest BCUT2D eigenvalue weighted by Gasteiger charge is -2.23. The molecule has 1 N–H and O–H groups in total. The average molecular weight is 295 g/mol. The summed E-state index contributed by atoms with van der Waals surface area (Å²) in [6.07, 6.45) is 2.33. The molecule has 5 heteroatoms. The molecule has 0 aliphatic carbocycles. The van der Waals surface area contributed by atoms with Crippen LogP contribution < -0.4 is 5.32 Å². The van der Waals surface area contributed by atoms with Gasteiger partial charge in [-0.15, -0.1) is 0 Å². The maximum Gasteiger partial charge on any atom is 0.164 e. The number of aryl methyl sites for hydroxylation is 1. The molecular formula is C15H21NO3S. The van der Waals surface area contributed by atoms with Gasteiger partial charge in [-0.05, 0) is 12.0 Å². The molecule has 0 saturated carbocycles. The predicted molar refractivity (Wildman–Crippen MR) is 79.8 cm³/mol. The molecule has 0 aromatic heterocycles. The Morgan fingerprint density at radius 1 is 1.30 bits per heavy atom. The van der Waals surface area contributed by atoms with Gasteiger partial charge in [-0.2, -0.15) is 0 Å². The standard InChI is InChI=1S/C15H21NO3S/c1-2-3-12-4-6-13(7-5-12)15(17)10-14-11-20(18,19)9-8-16-14/h4-7,14,16H,2-3,8-11H2,1H3. The van der Waals surface area contributed by atoms with E-state index in [4.69, 9.17) is 0 Å². The molecule has 4 nitrogen and oxygen atoms in total. The first-order chi connectivity index (χ1) is 9.50. The van der Waals surface area contributed by atoms with Crippen molar-refractivity contribution in [1.82, 2.24) is 5.32 Å². The summed E-state index contributed by atoms with van der Waals surface area (Å²) >= 11 is 0. The number of hydrogen-bond donors (Lipinski definition) is 1. The summed E-state index contributed by atoms with van der Waals surface area (Å²) < 4.78 is 23.1. The van der Waals surface area contributed by atoms with E-state index in [2.05, 4.69) is 12.2 Å². The second kappa shape index (κ2) is 6.50. The molecule has 110 valence electrons. The summed E-state index contributed by atoms with van der Waals surface area (Å²) in [7, 11) is -2.99. The molecule has 1 aromatic rings. The van der Waals surface area contributed by atoms with E-state index in [9.17, 15) is 13.2 Å². The largest absolute Gasteiger partial charge is 0.312 e. The van der Waals surface area contributed by atoms with E-state index >= 15 is 0 Å². The molecule has 2 rings (SSSR count). The zero-order valence-corrected chi connectivity index (χ0v) is 12.6. The van der Waals surface area contributed by atoms with Crippen LogP contribution in [0.2, 0.25) is 0 Å². The Hall–Kier alpha value is -1.20. The molecule has 1 heterocycles. The minimum absolute atomic E-state index is 0.00245. The van der Waals surface area contributed by atoms with Gasteiger partial charge in [0.05, 0.1) is 11.5 Å². The normalized spacial score (nSPS) is 21.6. The van der Waals surface area contributed by atoms with Gasteiger partial charge in [-0.3, -0.25) is 4.79 Å². The molecule has 1 unspecified atom stereocenters. The quantitative estimate of drug-likeness (QED) is 0.838. The lowest BCUT2D eigenvalue weighted by atomic mass is 10.0. The fourth-order valence-electron chi connectivity index (χ4n) is 2.49. The molecule has 1 fully saturated rings. The van der Waals surface area contributed by atoms with E-state index in [0.717, 1.165) is 12.8 Å². The van der Waals surface area contributed by atoms with Crippen LogP contribution in [0, 0.1) is 0 Å². The van der Waals surface area contributed by atoms with Gasteiger partial charge >= 0.3 is 0 Å². The Labute approximate surface area is 120 Å². The molecule has 0 spiro atoms. The SMILES string of the molecule is CCCc1ccc(C(=O)CC2CS(=O)(=O)CCN2)cc1. The second-order valence-electron chi connectivity index (χ2n) is 5.34. The number of carbonyl (C=O) groups is 1. The van der Waals surface area contributed by atoms with Crippen molar-refractivity contribution in [2.75, 3.05) is 18.1 Å². The van der Waals surface area contributed by atoms with Crippen LogP contribution in [0.15, 0.2) is 24.3 Å². The van der Waals surface area contributed by atoms with E-state index in [0.29, 0.717) is 12.1 Å². The summed E-state index contributed by atoms with van der Waals surface area (Å²) in [6.45, 7) is 2.56. The van der Waals surface area contributed by atoms with E-state index in [1.807, 2.05) is 24.3 Å². The van der Waals surface area contributed by atoms with Crippen molar-refractivity contribution >= 4 is 15.6 Å². The Kier molecular flexibility index (Phi) is 4.94. The number of rotatable bonds is 5. The Bertz CT molecular complexity index is 563. The first-order valence-electron chi connectivity index (χ1n) is 7.06. The summed E-state index contributed by atoms with van der Waals surface area (Å²) in [4.78, 5) is 12.2. The monoisotopic (exact) mass is 295 g/mol. The van der Waals surface area contributed by atoms with Gasteiger partial charge in [-0.1, -0.05) is 37.6 Å². The fraction of sp³-hybridized carbons (Fsp3) is 0.533. The second-order valence-corrected chi connectivity index (χ2v) is 7.57. The van der Waals surface area contributed by atoms with Crippen LogP contribution in [0.25, 0.3) is 0 Å². The zero-order chi connectivity index (χ0) is 14.6. The predicted octanol–water partition coefficient (Wildman–Crippen LogP) is 1.60. The summed E-state index contributed by atoms with van der Waals surface area (Å²) in [6, 6.07) is 7.37. The minimum Gasteiger partial charge on any atom is -0.312 e. The van der Waals surface area contributed by atoms with Gasteiger partial charge in [0, 0.05) is 24.6 Å². The molecule has 20 heavy (non-hydrogen) atoms. The molecule has 0 bridgehead atoms. The molecule has 1 saturated heterocycles. The van der Waals surface area contributed by atoms with Crippen molar-refractivity contribution < 1.29 is 13.2 Å². The highest BCUT2D eigenvalue weighted by molar-refractivity contribution is 7.91. The summed E-state index contributed by atoms with van der Waals surface area (Å²) in [5.41, 5.74) is 1.89. The smallest absolute Gasteiger partial charge is 0.164 e. The summed E-state index contributed by atoms with van der Waals surface area (Å²) in [5, 5.41) is 3.11. The molecule has 1 aliphatic heterocycles. The number of hydrogen-bond acceptors (Lipinski definition) is 4. The molecule has 1 aliphatic rings. The van der Waals surface area contributed by atoms with Crippen molar-refractivity contribution in [1.29, 1.82) is 0 Å². The first kappa shape index (κ1) is 15.2. The lowest BCUT2D eigenvalue weighted by Crippen LogP contribution is -2.45. The number of sulfone groups is 1. The van der Waals surface area contributed by atoms with Crippen LogP contribution >= 0.6 is 0 Å². The molecule has 1 atom stereocenters. The van der Waals surface area contributed by atoms with Gasteiger partial charge in [-0.25, -0.2) is 8.42 Å². The van der Waals surface area contributed by atoms with E-state index < -0.39 is 9.84 Å². The molecule has 0 amide bonds. The number of carbonyl (C=O) groups excluding carboxylic acids is 1. The Morgan fingerprint density at radius 2 is 2.00 bits per heavy atom. The third-order valence-corrected chi connectivity index (χ3v) is 5.28. The van der Waals surface area contributed by atoms with E-state index in [-0.39, 0.29) is 29.8 Å². The van der Waals surface area contributed by atoms with Crippen LogP contribution in [0.1, 0.15) is 35.7 Å². The number of Topliss-reactive ketones (excluding diaryl/α,β-unsaturated/α-hetero) is 1. The molecular weight excluding hydrogens is 274 g/mol. The molecule has 1 aromatic carbocycles. The van der Waals surface area contributed by atoms with Gasteiger partial charge in [0.2, 0.25) is 0 Å². The minimum atomic E-state index is -2.99. The first-order valence-corrected chi connectivity index (χ1v) is 8.88. The third kappa shape index (κ3) is 4.15. The highest BCUT2D eigenvalue weighted by Crippen LogP contribution is 2.12.